The number of hydrogen-bond acceptors (Lipinski definition) is 4. The molecule has 2 atom stereocenters. The van der Waals surface area contributed by atoms with E-state index < -0.39 is 5.60 Å². The van der Waals surface area contributed by atoms with Crippen molar-refractivity contribution >= 4 is 12.1 Å². The van der Waals surface area contributed by atoms with Crippen molar-refractivity contribution in [1.29, 1.82) is 0 Å². The van der Waals surface area contributed by atoms with E-state index in [-0.39, 0.29) is 23.7 Å². The summed E-state index contributed by atoms with van der Waals surface area (Å²) in [6.07, 6.45) is 5.07. The van der Waals surface area contributed by atoms with Crippen LogP contribution in [-0.2, 0) is 4.79 Å². The van der Waals surface area contributed by atoms with Gasteiger partial charge >= 0.3 is 0 Å². The van der Waals surface area contributed by atoms with Crippen LogP contribution >= 0.6 is 0 Å². The summed E-state index contributed by atoms with van der Waals surface area (Å²) in [6, 6.07) is 6.59. The molecule has 0 aromatic heterocycles. The van der Waals surface area contributed by atoms with Gasteiger partial charge < -0.3 is 10.0 Å². The molecule has 2 unspecified atom stereocenters. The second-order valence-corrected chi connectivity index (χ2v) is 7.73. The quantitative estimate of drug-likeness (QED) is 0.877. The van der Waals surface area contributed by atoms with Gasteiger partial charge in [-0.25, -0.2) is 4.39 Å². The van der Waals surface area contributed by atoms with E-state index in [1.54, 1.807) is 12.1 Å². The van der Waals surface area contributed by atoms with Gasteiger partial charge in [-0.3, -0.25) is 9.80 Å². The van der Waals surface area contributed by atoms with Crippen LogP contribution in [0.1, 0.15) is 50.5 Å². The van der Waals surface area contributed by atoms with Gasteiger partial charge in [0.15, 0.2) is 0 Å². The summed E-state index contributed by atoms with van der Waals surface area (Å²) in [5.41, 5.74) is 0.254. The maximum absolute atomic E-state index is 13.0. The van der Waals surface area contributed by atoms with E-state index in [2.05, 4.69) is 5.10 Å². The minimum absolute atomic E-state index is 0.0493. The number of likely N-dealkylation sites (tertiary alicyclic amines) is 1. The van der Waals surface area contributed by atoms with Crippen LogP contribution in [0.25, 0.3) is 0 Å². The summed E-state index contributed by atoms with van der Waals surface area (Å²) < 4.78 is 13.0. The molecule has 0 saturated carbocycles. The summed E-state index contributed by atoms with van der Waals surface area (Å²) in [6.45, 7) is 3.16. The third-order valence-corrected chi connectivity index (χ3v) is 5.75. The first-order chi connectivity index (χ1) is 12.4. The van der Waals surface area contributed by atoms with Crippen LogP contribution in [0.3, 0.4) is 0 Å². The first-order valence-electron chi connectivity index (χ1n) is 9.37. The zero-order valence-corrected chi connectivity index (χ0v) is 15.6. The monoisotopic (exact) mass is 361 g/mol. The van der Waals surface area contributed by atoms with Crippen LogP contribution in [0.5, 0.6) is 0 Å². The van der Waals surface area contributed by atoms with Crippen molar-refractivity contribution in [2.75, 3.05) is 20.1 Å². The van der Waals surface area contributed by atoms with Crippen LogP contribution in [-0.4, -0.2) is 58.9 Å². The molecule has 6 heteroatoms. The van der Waals surface area contributed by atoms with E-state index in [1.165, 1.54) is 12.1 Å². The normalized spacial score (nSPS) is 23.3. The highest BCUT2D eigenvalue weighted by molar-refractivity contribution is 5.77. The minimum Gasteiger partial charge on any atom is -0.390 e. The van der Waals surface area contributed by atoms with Crippen LogP contribution in [0, 0.1) is 5.82 Å². The number of halogens is 1. The standard InChI is InChI=1S/C20H28FN3O2/c1-15(16-3-5-17(21)6-4-16)13-19(25)24-11-8-20(26,9-12-24)14-18-7-10-22-23(18)2/h3-6,10,15,18,26H,7-9,11-14H2,1-2H3. The van der Waals surface area contributed by atoms with Gasteiger partial charge in [0.1, 0.15) is 5.82 Å². The predicted octanol–water partition coefficient (Wildman–Crippen LogP) is 2.75. The molecule has 1 aromatic carbocycles. The predicted molar refractivity (Wildman–Crippen MR) is 99.5 cm³/mol. The van der Waals surface area contributed by atoms with Gasteiger partial charge in [0.25, 0.3) is 0 Å². The maximum Gasteiger partial charge on any atom is 0.223 e. The number of carbonyl (C=O) groups is 1. The van der Waals surface area contributed by atoms with Crippen LogP contribution in [0.4, 0.5) is 4.39 Å². The molecule has 2 heterocycles. The molecule has 1 N–H and O–H groups in total. The lowest BCUT2D eigenvalue weighted by Crippen LogP contribution is -2.49. The SMILES string of the molecule is CC(CC(=O)N1CCC(O)(CC2CC=NN2C)CC1)c1ccc(F)cc1. The largest absolute Gasteiger partial charge is 0.390 e. The van der Waals surface area contributed by atoms with E-state index in [4.69, 9.17) is 0 Å². The fourth-order valence-corrected chi connectivity index (χ4v) is 3.88. The Balaban J connectivity index is 1.49. The molecule has 1 saturated heterocycles. The average Bonchev–Trinajstić information content (AvgIpc) is 3.00. The molecule has 5 nitrogen and oxygen atoms in total. The smallest absolute Gasteiger partial charge is 0.223 e. The number of benzene rings is 1. The Labute approximate surface area is 154 Å². The zero-order chi connectivity index (χ0) is 18.7. The van der Waals surface area contributed by atoms with Crippen molar-refractivity contribution in [3.63, 3.8) is 0 Å². The van der Waals surface area contributed by atoms with Crippen molar-refractivity contribution < 1.29 is 14.3 Å². The van der Waals surface area contributed by atoms with Gasteiger partial charge in [0, 0.05) is 39.2 Å². The van der Waals surface area contributed by atoms with Gasteiger partial charge in [-0.2, -0.15) is 5.10 Å². The number of nitrogens with zero attached hydrogens (tertiary/aromatic N) is 3. The average molecular weight is 361 g/mol. The molecular weight excluding hydrogens is 333 g/mol. The summed E-state index contributed by atoms with van der Waals surface area (Å²) in [5.74, 6) is -0.112. The Bertz CT molecular complexity index is 654. The molecule has 0 aliphatic carbocycles. The third kappa shape index (κ3) is 4.41. The molecule has 3 rings (SSSR count). The van der Waals surface area contributed by atoms with E-state index in [0.717, 1.165) is 12.0 Å². The number of piperidine rings is 1. The number of amides is 1. The molecule has 142 valence electrons. The summed E-state index contributed by atoms with van der Waals surface area (Å²) >= 11 is 0. The number of aliphatic hydroxyl groups is 1. The Morgan fingerprint density at radius 2 is 2.00 bits per heavy atom. The van der Waals surface area contributed by atoms with Crippen molar-refractivity contribution in [3.05, 3.63) is 35.6 Å². The highest BCUT2D eigenvalue weighted by Gasteiger charge is 2.37. The van der Waals surface area contributed by atoms with Gasteiger partial charge in [-0.15, -0.1) is 0 Å². The molecule has 1 amide bonds. The Hall–Kier alpha value is -1.95. The molecule has 1 aromatic rings. The van der Waals surface area contributed by atoms with Crippen LogP contribution < -0.4 is 0 Å². The van der Waals surface area contributed by atoms with Gasteiger partial charge in [0.2, 0.25) is 5.91 Å². The van der Waals surface area contributed by atoms with Gasteiger partial charge in [0.05, 0.1) is 11.6 Å². The van der Waals surface area contributed by atoms with Crippen molar-refractivity contribution in [2.24, 2.45) is 5.10 Å². The number of rotatable bonds is 5. The lowest BCUT2D eigenvalue weighted by Gasteiger charge is -2.40. The summed E-state index contributed by atoms with van der Waals surface area (Å²) in [7, 11) is 1.94. The van der Waals surface area contributed by atoms with Crippen molar-refractivity contribution in [1.82, 2.24) is 9.91 Å². The minimum atomic E-state index is -0.716. The van der Waals surface area contributed by atoms with Crippen molar-refractivity contribution in [2.45, 2.75) is 56.6 Å². The highest BCUT2D eigenvalue weighted by Crippen LogP contribution is 2.31. The van der Waals surface area contributed by atoms with Gasteiger partial charge in [-0.05, 0) is 42.9 Å². The van der Waals surface area contributed by atoms with Crippen LogP contribution in [0.2, 0.25) is 0 Å². The number of hydrazone groups is 1. The first-order valence-corrected chi connectivity index (χ1v) is 9.37. The second-order valence-electron chi connectivity index (χ2n) is 7.73. The van der Waals surface area contributed by atoms with E-state index in [0.29, 0.717) is 38.8 Å². The molecular formula is C20H28FN3O2. The summed E-state index contributed by atoms with van der Waals surface area (Å²) in [4.78, 5) is 14.4. The van der Waals surface area contributed by atoms with Gasteiger partial charge in [-0.1, -0.05) is 19.1 Å². The second kappa shape index (κ2) is 7.74. The maximum atomic E-state index is 13.0. The fraction of sp³-hybridized carbons (Fsp3) is 0.600. The molecule has 1 fully saturated rings. The summed E-state index contributed by atoms with van der Waals surface area (Å²) in [5, 5.41) is 17.0. The lowest BCUT2D eigenvalue weighted by atomic mass is 9.84. The Morgan fingerprint density at radius 1 is 1.35 bits per heavy atom. The van der Waals surface area contributed by atoms with E-state index in [9.17, 15) is 14.3 Å². The Kier molecular flexibility index (Phi) is 5.61. The van der Waals surface area contributed by atoms with E-state index >= 15 is 0 Å². The third-order valence-electron chi connectivity index (χ3n) is 5.75. The molecule has 0 bridgehead atoms. The lowest BCUT2D eigenvalue weighted by molar-refractivity contribution is -0.136. The first kappa shape index (κ1) is 18.8. The Morgan fingerprint density at radius 3 is 2.58 bits per heavy atom. The van der Waals surface area contributed by atoms with E-state index in [1.807, 2.05) is 30.1 Å². The molecule has 2 aliphatic heterocycles. The zero-order valence-electron chi connectivity index (χ0n) is 15.6. The van der Waals surface area contributed by atoms with Crippen LogP contribution in [0.15, 0.2) is 29.4 Å². The molecule has 0 spiro atoms. The molecule has 0 radical (unpaired) electrons. The van der Waals surface area contributed by atoms with Crippen molar-refractivity contribution in [3.8, 4) is 0 Å². The number of carbonyl (C=O) groups excluding carboxylic acids is 1. The number of hydrogen-bond donors (Lipinski definition) is 1. The fourth-order valence-electron chi connectivity index (χ4n) is 3.88. The topological polar surface area (TPSA) is 56.1 Å². The molecule has 26 heavy (non-hydrogen) atoms. The highest BCUT2D eigenvalue weighted by atomic mass is 19.1. The molecule has 2 aliphatic rings.